The lowest BCUT2D eigenvalue weighted by Crippen LogP contribution is -2.43. The highest BCUT2D eigenvalue weighted by molar-refractivity contribution is 6.32. The number of benzene rings is 4. The fourth-order valence-electron chi connectivity index (χ4n) is 6.77. The number of carbonyl (C=O) groups excluding carboxylic acids is 3. The zero-order valence-electron chi connectivity index (χ0n) is 21.3. The molecule has 2 heterocycles. The second-order valence-electron chi connectivity index (χ2n) is 10.4. The third-order valence-corrected chi connectivity index (χ3v) is 8.67. The van der Waals surface area contributed by atoms with E-state index in [4.69, 9.17) is 11.6 Å². The lowest BCUT2D eigenvalue weighted by molar-refractivity contribution is -0.384. The maximum atomic E-state index is 14.7. The monoisotopic (exact) mass is 561 g/mol. The van der Waals surface area contributed by atoms with E-state index < -0.39 is 39.9 Å². The molecule has 1 saturated heterocycles. The summed E-state index contributed by atoms with van der Waals surface area (Å²) in [6, 6.07) is 24.1. The molecule has 41 heavy (non-hydrogen) atoms. The van der Waals surface area contributed by atoms with Crippen LogP contribution in [0.1, 0.15) is 59.7 Å². The molecule has 0 saturated carbocycles. The summed E-state index contributed by atoms with van der Waals surface area (Å²) < 4.78 is 0. The molecular formula is C32H20ClN3O5. The van der Waals surface area contributed by atoms with E-state index in [1.807, 2.05) is 24.3 Å². The Labute approximate surface area is 239 Å². The second kappa shape index (κ2) is 9.04. The van der Waals surface area contributed by atoms with Crippen LogP contribution in [0.5, 0.6) is 0 Å². The number of carbonyl (C=O) groups is 3. The number of non-ortho nitro benzene ring substituents is 1. The molecule has 0 N–H and O–H groups in total. The van der Waals surface area contributed by atoms with E-state index in [1.54, 1.807) is 65.8 Å². The predicted octanol–water partition coefficient (Wildman–Crippen LogP) is 6.05. The molecular weight excluding hydrogens is 542 g/mol. The summed E-state index contributed by atoms with van der Waals surface area (Å²) in [4.78, 5) is 55.1. The predicted molar refractivity (Wildman–Crippen MR) is 152 cm³/mol. The van der Waals surface area contributed by atoms with Gasteiger partial charge in [0.25, 0.3) is 5.69 Å². The minimum Gasteiger partial charge on any atom is -0.293 e. The van der Waals surface area contributed by atoms with Crippen molar-refractivity contribution in [1.82, 2.24) is 5.01 Å². The van der Waals surface area contributed by atoms with Crippen molar-refractivity contribution in [2.75, 3.05) is 0 Å². The molecule has 4 aromatic carbocycles. The highest BCUT2D eigenvalue weighted by Crippen LogP contribution is 2.64. The maximum absolute atomic E-state index is 14.7. The van der Waals surface area contributed by atoms with Gasteiger partial charge < -0.3 is 0 Å². The number of hydrogen-bond acceptors (Lipinski definition) is 7. The molecule has 1 spiro atoms. The molecule has 4 aromatic rings. The Hall–Kier alpha value is -4.95. The molecule has 0 aromatic heterocycles. The number of fused-ring (bicyclic) bond motifs is 5. The van der Waals surface area contributed by atoms with Gasteiger partial charge in [0, 0.05) is 39.8 Å². The molecule has 0 radical (unpaired) electrons. The van der Waals surface area contributed by atoms with Crippen LogP contribution in [0, 0.1) is 15.5 Å². The molecule has 9 heteroatoms. The molecule has 0 bridgehead atoms. The second-order valence-corrected chi connectivity index (χ2v) is 10.8. The van der Waals surface area contributed by atoms with Crippen LogP contribution in [0.2, 0.25) is 5.02 Å². The van der Waals surface area contributed by atoms with Crippen molar-refractivity contribution in [2.24, 2.45) is 10.5 Å². The summed E-state index contributed by atoms with van der Waals surface area (Å²) in [7, 11) is 0. The zero-order valence-corrected chi connectivity index (χ0v) is 22.1. The summed E-state index contributed by atoms with van der Waals surface area (Å²) in [6.45, 7) is 0. The summed E-state index contributed by atoms with van der Waals surface area (Å²) in [5.74, 6) is -2.33. The standard InChI is InChI=1S/C32H20ClN3O5/c33-21-14-12-18(13-15-21)28(37)27-26(19-7-5-8-22(16-19)36(40)41)32(30(38)24-10-3-4-11-25(24)31(32)39)29-23-9-2-1-6-20(23)17-34-35(27)29/h1-17,26-27,29H/t26-,27+,29+/m0/s1. The number of nitrogens with zero attached hydrogens (tertiary/aromatic N) is 3. The van der Waals surface area contributed by atoms with Gasteiger partial charge in [0.1, 0.15) is 11.5 Å². The topological polar surface area (TPSA) is 110 Å². The van der Waals surface area contributed by atoms with Crippen LogP contribution in [-0.2, 0) is 0 Å². The fourth-order valence-corrected chi connectivity index (χ4v) is 6.89. The SMILES string of the molecule is O=C(c1ccc(Cl)cc1)[C@H]1[C@H](c2cccc([N+](=O)[O-])c2)C2(C(=O)c3ccccc3C2=O)[C@H]2c3ccccc3C=NN12. The summed E-state index contributed by atoms with van der Waals surface area (Å²) in [6.07, 6.45) is 1.62. The number of Topliss-reactive ketones (excluding diaryl/α,β-unsaturated/α-hetero) is 3. The third kappa shape index (κ3) is 3.40. The van der Waals surface area contributed by atoms with Crippen LogP contribution in [0.4, 0.5) is 5.69 Å². The summed E-state index contributed by atoms with van der Waals surface area (Å²) in [5, 5.41) is 18.5. The number of nitro groups is 1. The largest absolute Gasteiger partial charge is 0.293 e. The van der Waals surface area contributed by atoms with Crippen LogP contribution < -0.4 is 0 Å². The number of hydrazone groups is 1. The van der Waals surface area contributed by atoms with Gasteiger partial charge in [0.05, 0.1) is 17.2 Å². The van der Waals surface area contributed by atoms with Gasteiger partial charge in [0.2, 0.25) is 0 Å². The molecule has 0 unspecified atom stereocenters. The first-order valence-electron chi connectivity index (χ1n) is 13.0. The smallest absolute Gasteiger partial charge is 0.269 e. The first-order valence-corrected chi connectivity index (χ1v) is 13.4. The van der Waals surface area contributed by atoms with Gasteiger partial charge in [-0.15, -0.1) is 0 Å². The average Bonchev–Trinajstić information content (AvgIpc) is 3.43. The Balaban J connectivity index is 1.56. The van der Waals surface area contributed by atoms with Crippen molar-refractivity contribution in [3.63, 3.8) is 0 Å². The molecule has 200 valence electrons. The van der Waals surface area contributed by atoms with E-state index in [9.17, 15) is 24.5 Å². The fraction of sp³-hybridized carbons (Fsp3) is 0.125. The Morgan fingerprint density at radius 2 is 1.54 bits per heavy atom. The Kier molecular flexibility index (Phi) is 5.52. The van der Waals surface area contributed by atoms with Crippen molar-refractivity contribution in [1.29, 1.82) is 0 Å². The van der Waals surface area contributed by atoms with Crippen LogP contribution in [0.25, 0.3) is 0 Å². The van der Waals surface area contributed by atoms with E-state index in [1.165, 1.54) is 18.2 Å². The van der Waals surface area contributed by atoms with Crippen molar-refractivity contribution in [3.8, 4) is 0 Å². The molecule has 8 nitrogen and oxygen atoms in total. The Morgan fingerprint density at radius 3 is 2.22 bits per heavy atom. The van der Waals surface area contributed by atoms with Crippen LogP contribution in [0.3, 0.4) is 0 Å². The van der Waals surface area contributed by atoms with Crippen molar-refractivity contribution in [2.45, 2.75) is 18.0 Å². The van der Waals surface area contributed by atoms with Gasteiger partial charge in [-0.25, -0.2) is 0 Å². The molecule has 0 amide bonds. The maximum Gasteiger partial charge on any atom is 0.269 e. The van der Waals surface area contributed by atoms with E-state index >= 15 is 0 Å². The molecule has 3 aliphatic rings. The highest BCUT2D eigenvalue weighted by atomic mass is 35.5. The number of nitro benzene ring substituents is 1. The number of hydrogen-bond donors (Lipinski definition) is 0. The number of ketones is 3. The minimum atomic E-state index is -1.81. The third-order valence-electron chi connectivity index (χ3n) is 8.41. The van der Waals surface area contributed by atoms with E-state index in [0.29, 0.717) is 21.7 Å². The molecule has 7 rings (SSSR count). The summed E-state index contributed by atoms with van der Waals surface area (Å²) in [5.41, 5.74) is 0.567. The Bertz CT molecular complexity index is 1800. The average molecular weight is 562 g/mol. The highest BCUT2D eigenvalue weighted by Gasteiger charge is 2.72. The van der Waals surface area contributed by atoms with Gasteiger partial charge in [-0.1, -0.05) is 72.3 Å². The van der Waals surface area contributed by atoms with Gasteiger partial charge >= 0.3 is 0 Å². The van der Waals surface area contributed by atoms with E-state index in [0.717, 1.165) is 5.56 Å². The van der Waals surface area contributed by atoms with Crippen LogP contribution >= 0.6 is 11.6 Å². The lowest BCUT2D eigenvalue weighted by Gasteiger charge is -2.36. The van der Waals surface area contributed by atoms with Crippen molar-refractivity contribution >= 4 is 40.9 Å². The first kappa shape index (κ1) is 25.0. The van der Waals surface area contributed by atoms with Crippen LogP contribution in [-0.4, -0.2) is 39.5 Å². The first-order chi connectivity index (χ1) is 19.8. The minimum absolute atomic E-state index is 0.209. The normalized spacial score (nSPS) is 21.5. The van der Waals surface area contributed by atoms with E-state index in [-0.39, 0.29) is 22.6 Å². The number of halogens is 1. The van der Waals surface area contributed by atoms with Gasteiger partial charge in [0.15, 0.2) is 17.3 Å². The van der Waals surface area contributed by atoms with Crippen molar-refractivity contribution in [3.05, 3.63) is 146 Å². The molecule has 3 atom stereocenters. The molecule has 2 aliphatic heterocycles. The summed E-state index contributed by atoms with van der Waals surface area (Å²) >= 11 is 6.10. The Morgan fingerprint density at radius 1 is 0.878 bits per heavy atom. The van der Waals surface area contributed by atoms with Gasteiger partial charge in [-0.2, -0.15) is 5.10 Å². The molecule has 1 aliphatic carbocycles. The van der Waals surface area contributed by atoms with Crippen molar-refractivity contribution < 1.29 is 19.3 Å². The van der Waals surface area contributed by atoms with Gasteiger partial charge in [-0.05, 0) is 41.0 Å². The van der Waals surface area contributed by atoms with E-state index in [2.05, 4.69) is 5.10 Å². The zero-order chi connectivity index (χ0) is 28.5. The molecule has 1 fully saturated rings. The van der Waals surface area contributed by atoms with Crippen LogP contribution in [0.15, 0.2) is 102 Å². The number of rotatable bonds is 4. The lowest BCUT2D eigenvalue weighted by atomic mass is 9.63. The van der Waals surface area contributed by atoms with Gasteiger partial charge in [-0.3, -0.25) is 29.5 Å². The quantitative estimate of drug-likeness (QED) is 0.130.